The SMILES string of the molecule is CCC(COC)n1nc(-n2c(C)ccc2C)cc1C=O. The Morgan fingerprint density at radius 1 is 1.35 bits per heavy atom. The van der Waals surface area contributed by atoms with Crippen LogP contribution in [0.5, 0.6) is 0 Å². The van der Waals surface area contributed by atoms with Gasteiger partial charge in [-0.25, -0.2) is 0 Å². The van der Waals surface area contributed by atoms with E-state index >= 15 is 0 Å². The molecule has 0 aliphatic heterocycles. The number of ether oxygens (including phenoxy) is 1. The quantitative estimate of drug-likeness (QED) is 0.762. The first-order valence-corrected chi connectivity index (χ1v) is 6.81. The van der Waals surface area contributed by atoms with E-state index in [1.54, 1.807) is 11.8 Å². The van der Waals surface area contributed by atoms with Gasteiger partial charge >= 0.3 is 0 Å². The zero-order valence-electron chi connectivity index (χ0n) is 12.5. The Balaban J connectivity index is 2.48. The molecule has 2 aromatic heterocycles. The number of hydrogen-bond donors (Lipinski definition) is 0. The van der Waals surface area contributed by atoms with Gasteiger partial charge < -0.3 is 9.30 Å². The van der Waals surface area contributed by atoms with Crippen molar-refractivity contribution in [2.24, 2.45) is 0 Å². The van der Waals surface area contributed by atoms with E-state index in [0.29, 0.717) is 12.3 Å². The van der Waals surface area contributed by atoms with Crippen LogP contribution >= 0.6 is 0 Å². The average molecular weight is 275 g/mol. The lowest BCUT2D eigenvalue weighted by atomic mass is 10.2. The Hall–Kier alpha value is -1.88. The predicted octanol–water partition coefficient (Wildman–Crippen LogP) is 2.70. The van der Waals surface area contributed by atoms with Crippen molar-refractivity contribution in [3.8, 4) is 5.82 Å². The Bertz CT molecular complexity index is 579. The minimum atomic E-state index is 0.0742. The number of aldehydes is 1. The molecule has 0 bridgehead atoms. The zero-order chi connectivity index (χ0) is 14.7. The van der Waals surface area contributed by atoms with Crippen molar-refractivity contribution in [2.75, 3.05) is 13.7 Å². The highest BCUT2D eigenvalue weighted by atomic mass is 16.5. The maximum atomic E-state index is 11.3. The third-order valence-corrected chi connectivity index (χ3v) is 3.55. The first-order valence-electron chi connectivity index (χ1n) is 6.81. The van der Waals surface area contributed by atoms with Crippen LogP contribution in [0.1, 0.15) is 41.3 Å². The van der Waals surface area contributed by atoms with Gasteiger partial charge in [0.1, 0.15) is 5.69 Å². The highest BCUT2D eigenvalue weighted by molar-refractivity contribution is 5.73. The monoisotopic (exact) mass is 275 g/mol. The van der Waals surface area contributed by atoms with E-state index in [-0.39, 0.29) is 6.04 Å². The summed E-state index contributed by atoms with van der Waals surface area (Å²) in [6.45, 7) is 6.66. The molecule has 0 aliphatic carbocycles. The predicted molar refractivity (Wildman–Crippen MR) is 77.6 cm³/mol. The molecule has 2 heterocycles. The fourth-order valence-corrected chi connectivity index (χ4v) is 2.47. The minimum absolute atomic E-state index is 0.0742. The van der Waals surface area contributed by atoms with Gasteiger partial charge in [0.25, 0.3) is 0 Å². The van der Waals surface area contributed by atoms with E-state index in [1.807, 2.05) is 36.6 Å². The van der Waals surface area contributed by atoms with E-state index in [2.05, 4.69) is 12.0 Å². The molecule has 1 atom stereocenters. The van der Waals surface area contributed by atoms with E-state index in [1.165, 1.54) is 0 Å². The van der Waals surface area contributed by atoms with Crippen LogP contribution < -0.4 is 0 Å². The summed E-state index contributed by atoms with van der Waals surface area (Å²) in [5.74, 6) is 0.779. The number of aromatic nitrogens is 3. The van der Waals surface area contributed by atoms with E-state index in [9.17, 15) is 4.79 Å². The molecule has 2 rings (SSSR count). The van der Waals surface area contributed by atoms with Crippen LogP contribution in [0.25, 0.3) is 5.82 Å². The summed E-state index contributed by atoms with van der Waals surface area (Å²) in [7, 11) is 1.66. The van der Waals surface area contributed by atoms with Crippen molar-refractivity contribution in [3.63, 3.8) is 0 Å². The van der Waals surface area contributed by atoms with Crippen molar-refractivity contribution in [2.45, 2.75) is 33.2 Å². The van der Waals surface area contributed by atoms with Gasteiger partial charge in [0.2, 0.25) is 0 Å². The molecule has 0 aromatic carbocycles. The molecule has 5 nitrogen and oxygen atoms in total. The molecular weight excluding hydrogens is 254 g/mol. The average Bonchev–Trinajstić information content (AvgIpc) is 2.99. The summed E-state index contributed by atoms with van der Waals surface area (Å²) >= 11 is 0. The number of aryl methyl sites for hydroxylation is 2. The normalized spacial score (nSPS) is 12.6. The van der Waals surface area contributed by atoms with Gasteiger partial charge in [-0.1, -0.05) is 6.92 Å². The number of hydrogen-bond acceptors (Lipinski definition) is 3. The summed E-state index contributed by atoms with van der Waals surface area (Å²) in [6.07, 6.45) is 1.71. The Kier molecular flexibility index (Phi) is 4.39. The third kappa shape index (κ3) is 2.54. The molecule has 108 valence electrons. The molecule has 20 heavy (non-hydrogen) atoms. The van der Waals surface area contributed by atoms with Crippen LogP contribution in [0.4, 0.5) is 0 Å². The van der Waals surface area contributed by atoms with Crippen LogP contribution in [-0.4, -0.2) is 34.4 Å². The largest absolute Gasteiger partial charge is 0.382 e. The maximum Gasteiger partial charge on any atom is 0.168 e. The molecule has 1 unspecified atom stereocenters. The van der Waals surface area contributed by atoms with Gasteiger partial charge in [-0.3, -0.25) is 9.48 Å². The number of carbonyl (C=O) groups excluding carboxylic acids is 1. The zero-order valence-corrected chi connectivity index (χ0v) is 12.5. The van der Waals surface area contributed by atoms with E-state index in [4.69, 9.17) is 4.74 Å². The van der Waals surface area contributed by atoms with Crippen molar-refractivity contribution in [1.29, 1.82) is 0 Å². The maximum absolute atomic E-state index is 11.3. The van der Waals surface area contributed by atoms with Crippen molar-refractivity contribution in [1.82, 2.24) is 14.3 Å². The second kappa shape index (κ2) is 6.05. The molecule has 0 N–H and O–H groups in total. The third-order valence-electron chi connectivity index (χ3n) is 3.55. The van der Waals surface area contributed by atoms with Crippen LogP contribution in [0.15, 0.2) is 18.2 Å². The summed E-state index contributed by atoms with van der Waals surface area (Å²) in [5, 5.41) is 4.60. The molecule has 0 spiro atoms. The van der Waals surface area contributed by atoms with Crippen molar-refractivity contribution < 1.29 is 9.53 Å². The Morgan fingerprint density at radius 3 is 2.50 bits per heavy atom. The van der Waals surface area contributed by atoms with Gasteiger partial charge in [-0.05, 0) is 32.4 Å². The minimum Gasteiger partial charge on any atom is -0.382 e. The Morgan fingerprint density at radius 2 is 2.00 bits per heavy atom. The molecule has 0 amide bonds. The van der Waals surface area contributed by atoms with Crippen LogP contribution in [0.2, 0.25) is 0 Å². The number of carbonyl (C=O) groups is 1. The van der Waals surface area contributed by atoms with Gasteiger partial charge in [0.05, 0.1) is 12.6 Å². The van der Waals surface area contributed by atoms with E-state index < -0.39 is 0 Å². The summed E-state index contributed by atoms with van der Waals surface area (Å²) < 4.78 is 9.03. The lowest BCUT2D eigenvalue weighted by Crippen LogP contribution is -2.17. The highest BCUT2D eigenvalue weighted by Crippen LogP contribution is 2.20. The molecule has 0 radical (unpaired) electrons. The second-order valence-electron chi connectivity index (χ2n) is 4.96. The van der Waals surface area contributed by atoms with Crippen LogP contribution in [0, 0.1) is 13.8 Å². The smallest absolute Gasteiger partial charge is 0.168 e. The molecule has 0 saturated heterocycles. The molecule has 0 aliphatic rings. The van der Waals surface area contributed by atoms with Crippen molar-refractivity contribution in [3.05, 3.63) is 35.3 Å². The Labute approximate surface area is 119 Å². The van der Waals surface area contributed by atoms with Crippen LogP contribution in [0.3, 0.4) is 0 Å². The van der Waals surface area contributed by atoms with E-state index in [0.717, 1.165) is 29.9 Å². The van der Waals surface area contributed by atoms with Gasteiger partial charge in [0, 0.05) is 24.6 Å². The summed E-state index contributed by atoms with van der Waals surface area (Å²) in [4.78, 5) is 11.3. The fourth-order valence-electron chi connectivity index (χ4n) is 2.47. The highest BCUT2D eigenvalue weighted by Gasteiger charge is 2.17. The first kappa shape index (κ1) is 14.5. The summed E-state index contributed by atoms with van der Waals surface area (Å²) in [6, 6.07) is 5.99. The molecular formula is C15H21N3O2. The number of rotatable bonds is 6. The molecule has 2 aromatic rings. The molecule has 0 fully saturated rings. The van der Waals surface area contributed by atoms with Crippen molar-refractivity contribution >= 4 is 6.29 Å². The van der Waals surface area contributed by atoms with Gasteiger partial charge in [0.15, 0.2) is 12.1 Å². The van der Waals surface area contributed by atoms with Gasteiger partial charge in [-0.15, -0.1) is 0 Å². The standard InChI is InChI=1S/C15H21N3O2/c1-5-13(10-20-4)18-14(9-19)8-15(16-18)17-11(2)6-7-12(17)3/h6-9,13H,5,10H2,1-4H3. The lowest BCUT2D eigenvalue weighted by molar-refractivity contribution is 0.109. The second-order valence-corrected chi connectivity index (χ2v) is 4.96. The topological polar surface area (TPSA) is 49.0 Å². The van der Waals surface area contributed by atoms with Crippen LogP contribution in [-0.2, 0) is 4.74 Å². The molecule has 5 heteroatoms. The summed E-state index contributed by atoms with van der Waals surface area (Å²) in [5.41, 5.74) is 2.78. The van der Waals surface area contributed by atoms with Gasteiger partial charge in [-0.2, -0.15) is 5.10 Å². The lowest BCUT2D eigenvalue weighted by Gasteiger charge is -2.15. The molecule has 0 saturated carbocycles. The number of methoxy groups -OCH3 is 1. The number of nitrogens with zero attached hydrogens (tertiary/aromatic N) is 3. The first-order chi connectivity index (χ1) is 9.62. The fraction of sp³-hybridized carbons (Fsp3) is 0.467.